The van der Waals surface area contributed by atoms with Crippen molar-refractivity contribution in [3.05, 3.63) is 28.8 Å². The fraction of sp³-hybridized carbons (Fsp3) is 0.455. The summed E-state index contributed by atoms with van der Waals surface area (Å²) >= 11 is 0. The fourth-order valence-electron chi connectivity index (χ4n) is 1.66. The Morgan fingerprint density at radius 2 is 1.86 bits per heavy atom. The standard InChI is InChI=1S/C11H17NO2/c1-8-4-10(6-12-7-13)5-9(2)11(8)14-3/h4-5,12-13H,6-7H2,1-3H3. The van der Waals surface area contributed by atoms with Crippen LogP contribution in [0.1, 0.15) is 16.7 Å². The molecule has 0 radical (unpaired) electrons. The van der Waals surface area contributed by atoms with Crippen LogP contribution in [0.4, 0.5) is 0 Å². The third kappa shape index (κ3) is 2.47. The van der Waals surface area contributed by atoms with Crippen molar-refractivity contribution in [2.45, 2.75) is 20.4 Å². The van der Waals surface area contributed by atoms with E-state index in [9.17, 15) is 0 Å². The van der Waals surface area contributed by atoms with Crippen LogP contribution in [0.5, 0.6) is 5.75 Å². The number of aliphatic hydroxyl groups is 1. The van der Waals surface area contributed by atoms with E-state index >= 15 is 0 Å². The first-order valence-electron chi connectivity index (χ1n) is 4.64. The van der Waals surface area contributed by atoms with Gasteiger partial charge in [0.05, 0.1) is 13.8 Å². The van der Waals surface area contributed by atoms with E-state index in [-0.39, 0.29) is 6.73 Å². The molecule has 0 spiro atoms. The second kappa shape index (κ2) is 4.98. The van der Waals surface area contributed by atoms with Crippen LogP contribution < -0.4 is 10.1 Å². The summed E-state index contributed by atoms with van der Waals surface area (Å²) in [5.74, 6) is 0.942. The minimum Gasteiger partial charge on any atom is -0.496 e. The van der Waals surface area contributed by atoms with E-state index in [0.29, 0.717) is 6.54 Å². The van der Waals surface area contributed by atoms with Crippen molar-refractivity contribution < 1.29 is 9.84 Å². The molecule has 0 aliphatic rings. The minimum absolute atomic E-state index is 0.00409. The lowest BCUT2D eigenvalue weighted by Crippen LogP contribution is -2.14. The molecular formula is C11H17NO2. The molecule has 0 saturated heterocycles. The number of aliphatic hydroxyl groups excluding tert-OH is 1. The molecule has 1 rings (SSSR count). The molecule has 0 aromatic heterocycles. The Labute approximate surface area is 84.7 Å². The van der Waals surface area contributed by atoms with Crippen molar-refractivity contribution in [1.29, 1.82) is 0 Å². The average Bonchev–Trinajstić information content (AvgIpc) is 2.14. The molecule has 0 aliphatic heterocycles. The van der Waals surface area contributed by atoms with E-state index in [1.165, 1.54) is 0 Å². The molecule has 0 atom stereocenters. The number of ether oxygens (including phenoxy) is 1. The predicted octanol–water partition coefficient (Wildman–Crippen LogP) is 1.35. The van der Waals surface area contributed by atoms with Gasteiger partial charge in [0.25, 0.3) is 0 Å². The van der Waals surface area contributed by atoms with Crippen LogP contribution >= 0.6 is 0 Å². The second-order valence-corrected chi connectivity index (χ2v) is 3.35. The molecular weight excluding hydrogens is 178 g/mol. The van der Waals surface area contributed by atoms with Crippen LogP contribution in [0.2, 0.25) is 0 Å². The van der Waals surface area contributed by atoms with Gasteiger partial charge in [-0.25, -0.2) is 0 Å². The molecule has 14 heavy (non-hydrogen) atoms. The number of methoxy groups -OCH3 is 1. The Balaban J connectivity index is 2.90. The Bertz CT molecular complexity index is 287. The highest BCUT2D eigenvalue weighted by Crippen LogP contribution is 2.24. The summed E-state index contributed by atoms with van der Waals surface area (Å²) < 4.78 is 5.27. The molecule has 3 heteroatoms. The van der Waals surface area contributed by atoms with Crippen molar-refractivity contribution in [3.8, 4) is 5.75 Å². The first kappa shape index (κ1) is 11.0. The van der Waals surface area contributed by atoms with Crippen LogP contribution in [0.3, 0.4) is 0 Å². The maximum atomic E-state index is 8.63. The van der Waals surface area contributed by atoms with Gasteiger partial charge in [-0.05, 0) is 30.5 Å². The van der Waals surface area contributed by atoms with Crippen LogP contribution in [-0.2, 0) is 6.54 Å². The molecule has 0 fully saturated rings. The topological polar surface area (TPSA) is 41.5 Å². The molecule has 2 N–H and O–H groups in total. The zero-order valence-corrected chi connectivity index (χ0v) is 8.92. The van der Waals surface area contributed by atoms with Crippen LogP contribution in [0, 0.1) is 13.8 Å². The zero-order chi connectivity index (χ0) is 10.6. The number of aryl methyl sites for hydroxylation is 2. The number of rotatable bonds is 4. The molecule has 0 amide bonds. The van der Waals surface area contributed by atoms with E-state index in [2.05, 4.69) is 17.4 Å². The highest BCUT2D eigenvalue weighted by Gasteiger charge is 2.04. The van der Waals surface area contributed by atoms with Crippen molar-refractivity contribution in [2.24, 2.45) is 0 Å². The van der Waals surface area contributed by atoms with Gasteiger partial charge in [0.2, 0.25) is 0 Å². The van der Waals surface area contributed by atoms with Gasteiger partial charge in [0.15, 0.2) is 0 Å². The summed E-state index contributed by atoms with van der Waals surface area (Å²) in [7, 11) is 1.68. The summed E-state index contributed by atoms with van der Waals surface area (Å²) in [5, 5.41) is 11.5. The predicted molar refractivity (Wildman–Crippen MR) is 56.4 cm³/mol. The largest absolute Gasteiger partial charge is 0.496 e. The van der Waals surface area contributed by atoms with Crippen molar-refractivity contribution in [2.75, 3.05) is 13.8 Å². The summed E-state index contributed by atoms with van der Waals surface area (Å²) in [6, 6.07) is 4.13. The highest BCUT2D eigenvalue weighted by molar-refractivity contribution is 5.43. The van der Waals surface area contributed by atoms with Crippen molar-refractivity contribution in [3.63, 3.8) is 0 Å². The quantitative estimate of drug-likeness (QED) is 0.713. The minimum atomic E-state index is 0.00409. The maximum Gasteiger partial charge on any atom is 0.124 e. The van der Waals surface area contributed by atoms with Gasteiger partial charge in [-0.15, -0.1) is 0 Å². The summed E-state index contributed by atoms with van der Waals surface area (Å²) in [4.78, 5) is 0. The van der Waals surface area contributed by atoms with Gasteiger partial charge in [0, 0.05) is 6.54 Å². The maximum absolute atomic E-state index is 8.63. The second-order valence-electron chi connectivity index (χ2n) is 3.35. The molecule has 0 heterocycles. The molecule has 1 aromatic carbocycles. The molecule has 0 aliphatic carbocycles. The fourth-order valence-corrected chi connectivity index (χ4v) is 1.66. The van der Waals surface area contributed by atoms with Gasteiger partial charge in [-0.3, -0.25) is 5.32 Å². The molecule has 78 valence electrons. The Morgan fingerprint density at radius 3 is 2.29 bits per heavy atom. The van der Waals surface area contributed by atoms with Crippen molar-refractivity contribution in [1.82, 2.24) is 5.32 Å². The van der Waals surface area contributed by atoms with Crippen LogP contribution in [-0.4, -0.2) is 18.9 Å². The molecule has 1 aromatic rings. The first-order chi connectivity index (χ1) is 6.69. The van der Waals surface area contributed by atoms with Gasteiger partial charge in [-0.1, -0.05) is 12.1 Å². The summed E-state index contributed by atoms with van der Waals surface area (Å²) in [6.07, 6.45) is 0. The van der Waals surface area contributed by atoms with E-state index in [4.69, 9.17) is 9.84 Å². The lowest BCUT2D eigenvalue weighted by molar-refractivity contribution is 0.259. The Kier molecular flexibility index (Phi) is 3.92. The number of benzene rings is 1. The third-order valence-corrected chi connectivity index (χ3v) is 2.17. The number of nitrogens with one attached hydrogen (secondary N) is 1. The molecule has 0 unspecified atom stereocenters. The first-order valence-corrected chi connectivity index (χ1v) is 4.64. The Hall–Kier alpha value is -1.06. The number of hydrogen-bond acceptors (Lipinski definition) is 3. The smallest absolute Gasteiger partial charge is 0.124 e. The lowest BCUT2D eigenvalue weighted by atomic mass is 10.1. The average molecular weight is 195 g/mol. The molecule has 0 saturated carbocycles. The number of hydrogen-bond donors (Lipinski definition) is 2. The molecule has 3 nitrogen and oxygen atoms in total. The summed E-state index contributed by atoms with van der Waals surface area (Å²) in [6.45, 7) is 4.73. The Morgan fingerprint density at radius 1 is 1.29 bits per heavy atom. The van der Waals surface area contributed by atoms with Crippen LogP contribution in [0.25, 0.3) is 0 Å². The van der Waals surface area contributed by atoms with Gasteiger partial charge in [0.1, 0.15) is 5.75 Å². The third-order valence-electron chi connectivity index (χ3n) is 2.17. The van der Waals surface area contributed by atoms with Gasteiger partial charge >= 0.3 is 0 Å². The monoisotopic (exact) mass is 195 g/mol. The normalized spacial score (nSPS) is 10.3. The highest BCUT2D eigenvalue weighted by atomic mass is 16.5. The van der Waals surface area contributed by atoms with Crippen molar-refractivity contribution >= 4 is 0 Å². The van der Waals surface area contributed by atoms with Crippen LogP contribution in [0.15, 0.2) is 12.1 Å². The van der Waals surface area contributed by atoms with E-state index in [1.54, 1.807) is 7.11 Å². The van der Waals surface area contributed by atoms with E-state index < -0.39 is 0 Å². The zero-order valence-electron chi connectivity index (χ0n) is 8.92. The SMILES string of the molecule is COc1c(C)cc(CNCO)cc1C. The van der Waals surface area contributed by atoms with E-state index in [0.717, 1.165) is 22.4 Å². The van der Waals surface area contributed by atoms with Gasteiger partial charge < -0.3 is 9.84 Å². The summed E-state index contributed by atoms with van der Waals surface area (Å²) in [5.41, 5.74) is 3.42. The lowest BCUT2D eigenvalue weighted by Gasteiger charge is -2.11. The van der Waals surface area contributed by atoms with Gasteiger partial charge in [-0.2, -0.15) is 0 Å². The van der Waals surface area contributed by atoms with E-state index in [1.807, 2.05) is 13.8 Å². The molecule has 0 bridgehead atoms.